The van der Waals surface area contributed by atoms with Crippen molar-refractivity contribution in [2.24, 2.45) is 5.73 Å². The van der Waals surface area contributed by atoms with Crippen LogP contribution in [0.1, 0.15) is 32.3 Å². The van der Waals surface area contributed by atoms with Gasteiger partial charge in [-0.2, -0.15) is 0 Å². The first kappa shape index (κ1) is 17.5. The number of nitrogens with one attached hydrogen (secondary N) is 1. The van der Waals surface area contributed by atoms with E-state index < -0.39 is 23.5 Å². The molecule has 4 N–H and O–H groups in total. The molecule has 0 aliphatic carbocycles. The molecule has 0 saturated heterocycles. The van der Waals surface area contributed by atoms with Crippen LogP contribution in [0.2, 0.25) is 5.02 Å². The number of carboxylic acid groups (broad SMARTS) is 1. The van der Waals surface area contributed by atoms with E-state index in [0.717, 1.165) is 5.56 Å². The number of benzene rings is 1. The Morgan fingerprint density at radius 1 is 1.33 bits per heavy atom. The van der Waals surface area contributed by atoms with Crippen LogP contribution in [-0.2, 0) is 16.0 Å². The number of primary amides is 1. The summed E-state index contributed by atoms with van der Waals surface area (Å²) in [6.45, 7) is 3.84. The lowest BCUT2D eigenvalue weighted by atomic mass is 9.93. The monoisotopic (exact) mass is 312 g/mol. The number of aliphatic carboxylic acids is 1. The van der Waals surface area contributed by atoms with E-state index in [1.54, 1.807) is 12.1 Å². The highest BCUT2D eigenvalue weighted by atomic mass is 35.5. The van der Waals surface area contributed by atoms with Crippen molar-refractivity contribution in [3.8, 4) is 0 Å². The third-order valence-electron chi connectivity index (χ3n) is 3.10. The highest BCUT2D eigenvalue weighted by molar-refractivity contribution is 6.30. The van der Waals surface area contributed by atoms with Crippen LogP contribution in [0.5, 0.6) is 0 Å². The number of carbonyl (C=O) groups excluding carboxylic acids is 1. The highest BCUT2D eigenvalue weighted by Gasteiger charge is 2.27. The maximum absolute atomic E-state index is 11.3. The number of rotatable bonds is 8. The van der Waals surface area contributed by atoms with Gasteiger partial charge in [0.15, 0.2) is 0 Å². The normalized spacial score (nSPS) is 12.9. The van der Waals surface area contributed by atoms with E-state index in [1.807, 2.05) is 26.0 Å². The van der Waals surface area contributed by atoms with Crippen LogP contribution >= 0.6 is 11.6 Å². The van der Waals surface area contributed by atoms with Gasteiger partial charge < -0.3 is 10.8 Å². The maximum Gasteiger partial charge on any atom is 0.320 e. The Kier molecular flexibility index (Phi) is 6.18. The second-order valence-electron chi connectivity index (χ2n) is 5.73. The third-order valence-corrected chi connectivity index (χ3v) is 3.35. The maximum atomic E-state index is 11.3. The van der Waals surface area contributed by atoms with Crippen molar-refractivity contribution in [1.29, 1.82) is 0 Å². The minimum Gasteiger partial charge on any atom is -0.480 e. The number of amides is 1. The van der Waals surface area contributed by atoms with Crippen molar-refractivity contribution in [3.05, 3.63) is 34.9 Å². The van der Waals surface area contributed by atoms with Gasteiger partial charge in [-0.15, -0.1) is 0 Å². The summed E-state index contributed by atoms with van der Waals surface area (Å²) in [5, 5.41) is 13.0. The van der Waals surface area contributed by atoms with Crippen molar-refractivity contribution in [2.75, 3.05) is 0 Å². The Morgan fingerprint density at radius 2 is 1.90 bits per heavy atom. The summed E-state index contributed by atoms with van der Waals surface area (Å²) in [7, 11) is 0. The van der Waals surface area contributed by atoms with Gasteiger partial charge in [-0.05, 0) is 44.4 Å². The molecular weight excluding hydrogens is 292 g/mol. The van der Waals surface area contributed by atoms with E-state index in [1.165, 1.54) is 0 Å². The molecule has 6 heteroatoms. The fourth-order valence-corrected chi connectivity index (χ4v) is 2.31. The van der Waals surface area contributed by atoms with Gasteiger partial charge in [0.25, 0.3) is 0 Å². The molecule has 0 spiro atoms. The molecule has 1 rings (SSSR count). The Labute approximate surface area is 129 Å². The number of nitrogens with two attached hydrogens (primary N) is 1. The molecule has 0 bridgehead atoms. The van der Waals surface area contributed by atoms with Crippen LogP contribution in [-0.4, -0.2) is 28.6 Å². The lowest BCUT2D eigenvalue weighted by Gasteiger charge is -2.30. The summed E-state index contributed by atoms with van der Waals surface area (Å²) < 4.78 is 0. The molecule has 21 heavy (non-hydrogen) atoms. The molecule has 1 aromatic carbocycles. The predicted octanol–water partition coefficient (Wildman–Crippen LogP) is 1.97. The highest BCUT2D eigenvalue weighted by Crippen LogP contribution is 2.17. The van der Waals surface area contributed by atoms with Crippen LogP contribution in [0.15, 0.2) is 24.3 Å². The van der Waals surface area contributed by atoms with E-state index >= 15 is 0 Å². The Hall–Kier alpha value is -1.59. The lowest BCUT2D eigenvalue weighted by molar-refractivity contribution is -0.140. The topological polar surface area (TPSA) is 92.4 Å². The third kappa shape index (κ3) is 6.60. The Bertz CT molecular complexity index is 500. The average Bonchev–Trinajstić information content (AvgIpc) is 2.36. The van der Waals surface area contributed by atoms with Gasteiger partial charge in [-0.1, -0.05) is 23.7 Å². The molecule has 0 radical (unpaired) electrons. The molecule has 1 amide bonds. The summed E-state index contributed by atoms with van der Waals surface area (Å²) in [6.07, 6.45) is 0.861. The van der Waals surface area contributed by atoms with Gasteiger partial charge in [-0.25, -0.2) is 0 Å². The predicted molar refractivity (Wildman–Crippen MR) is 82.2 cm³/mol. The zero-order valence-electron chi connectivity index (χ0n) is 12.2. The lowest BCUT2D eigenvalue weighted by Crippen LogP contribution is -2.51. The standard InChI is InChI=1S/C15H21ClN2O3/c1-15(2,9-10-3-5-11(16)6-4-10)18-12(14(20)21)7-8-13(17)19/h3-6,12,18H,7-9H2,1-2H3,(H2,17,19)(H,20,21)/t12-/m0/s1. The first-order valence-corrected chi connectivity index (χ1v) is 7.11. The summed E-state index contributed by atoms with van der Waals surface area (Å²) >= 11 is 5.84. The Morgan fingerprint density at radius 3 is 2.38 bits per heavy atom. The fraction of sp³-hybridized carbons (Fsp3) is 0.467. The SMILES string of the molecule is CC(C)(Cc1ccc(Cl)cc1)N[C@@H](CCC(N)=O)C(=O)O. The second-order valence-corrected chi connectivity index (χ2v) is 6.16. The number of carboxylic acids is 1. The van der Waals surface area contributed by atoms with Gasteiger partial charge in [-0.3, -0.25) is 14.9 Å². The molecule has 116 valence electrons. The molecule has 1 atom stereocenters. The van der Waals surface area contributed by atoms with Crippen molar-refractivity contribution in [1.82, 2.24) is 5.32 Å². The van der Waals surface area contributed by atoms with Crippen LogP contribution < -0.4 is 11.1 Å². The van der Waals surface area contributed by atoms with Crippen molar-refractivity contribution < 1.29 is 14.7 Å². The van der Waals surface area contributed by atoms with Gasteiger partial charge >= 0.3 is 5.97 Å². The molecule has 0 aliphatic rings. The second kappa shape index (κ2) is 7.43. The van der Waals surface area contributed by atoms with Crippen LogP contribution in [0.25, 0.3) is 0 Å². The number of hydrogen-bond acceptors (Lipinski definition) is 3. The van der Waals surface area contributed by atoms with Crippen molar-refractivity contribution in [3.63, 3.8) is 0 Å². The fourth-order valence-electron chi connectivity index (χ4n) is 2.18. The minimum absolute atomic E-state index is 0.0427. The first-order chi connectivity index (χ1) is 9.69. The van der Waals surface area contributed by atoms with Gasteiger partial charge in [0, 0.05) is 17.0 Å². The van der Waals surface area contributed by atoms with Crippen molar-refractivity contribution >= 4 is 23.5 Å². The van der Waals surface area contributed by atoms with Crippen LogP contribution in [0, 0.1) is 0 Å². The van der Waals surface area contributed by atoms with Gasteiger partial charge in [0.05, 0.1) is 0 Å². The first-order valence-electron chi connectivity index (χ1n) is 6.73. The molecule has 0 heterocycles. The smallest absolute Gasteiger partial charge is 0.320 e. The molecule has 0 aliphatic heterocycles. The molecule has 1 aromatic rings. The zero-order chi connectivity index (χ0) is 16.0. The molecule has 0 fully saturated rings. The summed E-state index contributed by atoms with van der Waals surface area (Å²) in [5.74, 6) is -1.49. The summed E-state index contributed by atoms with van der Waals surface area (Å²) in [5.41, 5.74) is 5.69. The van der Waals surface area contributed by atoms with Crippen LogP contribution in [0.3, 0.4) is 0 Å². The molecule has 0 aromatic heterocycles. The molecule has 0 unspecified atom stereocenters. The minimum atomic E-state index is -0.986. The summed E-state index contributed by atoms with van der Waals surface area (Å²) in [4.78, 5) is 22.1. The molecule has 5 nitrogen and oxygen atoms in total. The average molecular weight is 313 g/mol. The zero-order valence-corrected chi connectivity index (χ0v) is 13.0. The van der Waals surface area contributed by atoms with Gasteiger partial charge in [0.1, 0.15) is 6.04 Å². The number of hydrogen-bond donors (Lipinski definition) is 3. The van der Waals surface area contributed by atoms with Crippen molar-refractivity contribution in [2.45, 2.75) is 44.7 Å². The van der Waals surface area contributed by atoms with Gasteiger partial charge in [0.2, 0.25) is 5.91 Å². The number of carbonyl (C=O) groups is 2. The van der Waals surface area contributed by atoms with E-state index in [4.69, 9.17) is 17.3 Å². The van der Waals surface area contributed by atoms with E-state index in [9.17, 15) is 14.7 Å². The molecular formula is C15H21ClN2O3. The largest absolute Gasteiger partial charge is 0.480 e. The van der Waals surface area contributed by atoms with E-state index in [2.05, 4.69) is 5.32 Å². The van der Waals surface area contributed by atoms with E-state index in [-0.39, 0.29) is 12.8 Å². The van der Waals surface area contributed by atoms with E-state index in [0.29, 0.717) is 11.4 Å². The summed E-state index contributed by atoms with van der Waals surface area (Å²) in [6, 6.07) is 6.61. The Balaban J connectivity index is 2.68. The number of halogens is 1. The quantitative estimate of drug-likeness (QED) is 0.684. The van der Waals surface area contributed by atoms with Crippen LogP contribution in [0.4, 0.5) is 0 Å². The molecule has 0 saturated carbocycles.